The standard InChI is InChI=1S/C13H19NO2S3/c1-9-3-6-13(18-9)19(15,16)14-10-4-5-11(14)8-12(7-10)17-2/h3,6,10-12H,4-5,7-8H2,1-2H3. The molecule has 0 saturated carbocycles. The Morgan fingerprint density at radius 1 is 1.26 bits per heavy atom. The first-order valence-corrected chi connectivity index (χ1v) is 10.2. The van der Waals surface area contributed by atoms with Crippen LogP contribution < -0.4 is 0 Å². The van der Waals surface area contributed by atoms with E-state index in [-0.39, 0.29) is 12.1 Å². The lowest BCUT2D eigenvalue weighted by atomic mass is 10.1. The molecule has 6 heteroatoms. The predicted octanol–water partition coefficient (Wildman–Crippen LogP) is 3.10. The van der Waals surface area contributed by atoms with Crippen molar-refractivity contribution >= 4 is 33.1 Å². The number of piperidine rings is 1. The molecule has 0 spiro atoms. The number of fused-ring (bicyclic) bond motifs is 2. The Morgan fingerprint density at radius 3 is 2.37 bits per heavy atom. The summed E-state index contributed by atoms with van der Waals surface area (Å²) in [5.41, 5.74) is 0. The molecule has 3 rings (SSSR count). The summed E-state index contributed by atoms with van der Waals surface area (Å²) >= 11 is 3.28. The van der Waals surface area contributed by atoms with Crippen LogP contribution in [-0.2, 0) is 10.0 Å². The van der Waals surface area contributed by atoms with Crippen molar-refractivity contribution in [3.05, 3.63) is 17.0 Å². The van der Waals surface area contributed by atoms with Crippen LogP contribution in [0, 0.1) is 6.92 Å². The quantitative estimate of drug-likeness (QED) is 0.859. The molecule has 2 fully saturated rings. The summed E-state index contributed by atoms with van der Waals surface area (Å²) in [6, 6.07) is 4.11. The van der Waals surface area contributed by atoms with Gasteiger partial charge in [0.05, 0.1) is 0 Å². The highest BCUT2D eigenvalue weighted by Gasteiger charge is 2.47. The van der Waals surface area contributed by atoms with Crippen LogP contribution in [0.1, 0.15) is 30.6 Å². The number of thioether (sulfide) groups is 1. The van der Waals surface area contributed by atoms with Crippen LogP contribution in [-0.4, -0.2) is 36.3 Å². The van der Waals surface area contributed by atoms with Gasteiger partial charge in [0.2, 0.25) is 0 Å². The van der Waals surface area contributed by atoms with E-state index in [4.69, 9.17) is 0 Å². The van der Waals surface area contributed by atoms with Crippen LogP contribution in [0.5, 0.6) is 0 Å². The van der Waals surface area contributed by atoms with Crippen molar-refractivity contribution in [2.45, 2.75) is 54.1 Å². The minimum atomic E-state index is -3.27. The first-order chi connectivity index (χ1) is 9.02. The largest absolute Gasteiger partial charge is 0.253 e. The van der Waals surface area contributed by atoms with E-state index in [1.807, 2.05) is 29.1 Å². The van der Waals surface area contributed by atoms with Crippen molar-refractivity contribution < 1.29 is 8.42 Å². The molecule has 0 amide bonds. The van der Waals surface area contributed by atoms with Gasteiger partial charge in [0.25, 0.3) is 10.0 Å². The molecule has 2 saturated heterocycles. The molecular weight excluding hydrogens is 298 g/mol. The monoisotopic (exact) mass is 317 g/mol. The molecule has 1 aromatic rings. The molecule has 2 atom stereocenters. The number of hydrogen-bond donors (Lipinski definition) is 0. The summed E-state index contributed by atoms with van der Waals surface area (Å²) in [4.78, 5) is 1.06. The molecule has 0 aromatic carbocycles. The van der Waals surface area contributed by atoms with Gasteiger partial charge >= 0.3 is 0 Å². The van der Waals surface area contributed by atoms with Gasteiger partial charge in [0.1, 0.15) is 4.21 Å². The Bertz CT molecular complexity index is 552. The Balaban J connectivity index is 1.91. The summed E-state index contributed by atoms with van der Waals surface area (Å²) in [7, 11) is -3.27. The zero-order valence-electron chi connectivity index (χ0n) is 11.2. The Kier molecular flexibility index (Phi) is 3.71. The zero-order chi connectivity index (χ0) is 13.6. The van der Waals surface area contributed by atoms with Gasteiger partial charge in [-0.05, 0) is 51.0 Å². The van der Waals surface area contributed by atoms with Crippen molar-refractivity contribution in [2.24, 2.45) is 0 Å². The van der Waals surface area contributed by atoms with Crippen molar-refractivity contribution in [1.29, 1.82) is 0 Å². The van der Waals surface area contributed by atoms with Gasteiger partial charge in [-0.3, -0.25) is 0 Å². The van der Waals surface area contributed by atoms with Gasteiger partial charge in [0, 0.05) is 22.2 Å². The number of aryl methyl sites for hydroxylation is 1. The number of hydrogen-bond acceptors (Lipinski definition) is 4. The van der Waals surface area contributed by atoms with Gasteiger partial charge in [-0.15, -0.1) is 11.3 Å². The molecule has 2 bridgehead atoms. The lowest BCUT2D eigenvalue weighted by Crippen LogP contribution is -2.46. The molecule has 2 aliphatic heterocycles. The van der Waals surface area contributed by atoms with Crippen LogP contribution in [0.3, 0.4) is 0 Å². The van der Waals surface area contributed by atoms with Crippen LogP contribution in [0.4, 0.5) is 0 Å². The molecular formula is C13H19NO2S3. The molecule has 3 nitrogen and oxygen atoms in total. The maximum Gasteiger partial charge on any atom is 0.253 e. The van der Waals surface area contributed by atoms with Gasteiger partial charge in [-0.2, -0.15) is 16.1 Å². The minimum absolute atomic E-state index is 0.226. The maximum absolute atomic E-state index is 12.8. The number of rotatable bonds is 3. The SMILES string of the molecule is CSC1CC2CCC(C1)N2S(=O)(=O)c1ccc(C)s1. The lowest BCUT2D eigenvalue weighted by Gasteiger charge is -2.36. The topological polar surface area (TPSA) is 37.4 Å². The summed E-state index contributed by atoms with van der Waals surface area (Å²) in [5.74, 6) is 0. The number of sulfonamides is 1. The minimum Gasteiger partial charge on any atom is -0.206 e. The third kappa shape index (κ3) is 2.37. The molecule has 0 N–H and O–H groups in total. The van der Waals surface area contributed by atoms with Crippen LogP contribution >= 0.6 is 23.1 Å². The fourth-order valence-corrected chi connectivity index (χ4v) is 7.43. The first-order valence-electron chi connectivity index (χ1n) is 6.65. The fraction of sp³-hybridized carbons (Fsp3) is 0.692. The van der Waals surface area contributed by atoms with E-state index < -0.39 is 10.0 Å². The first kappa shape index (κ1) is 13.9. The summed E-state index contributed by atoms with van der Waals surface area (Å²) in [6.45, 7) is 1.96. The maximum atomic E-state index is 12.8. The third-order valence-corrected chi connectivity index (χ3v) is 8.73. The normalized spacial score (nSPS) is 31.8. The van der Waals surface area contributed by atoms with Gasteiger partial charge in [0.15, 0.2) is 0 Å². The second-order valence-electron chi connectivity index (χ2n) is 5.41. The highest BCUT2D eigenvalue weighted by atomic mass is 32.2. The highest BCUT2D eigenvalue weighted by Crippen LogP contribution is 2.43. The van der Waals surface area contributed by atoms with E-state index in [0.717, 1.165) is 30.6 Å². The Labute approximate surface area is 123 Å². The van der Waals surface area contributed by atoms with E-state index >= 15 is 0 Å². The molecule has 0 radical (unpaired) electrons. The number of nitrogens with zero attached hydrogens (tertiary/aromatic N) is 1. The average Bonchev–Trinajstić information content (AvgIpc) is 2.92. The van der Waals surface area contributed by atoms with Gasteiger partial charge in [-0.1, -0.05) is 0 Å². The summed E-state index contributed by atoms with van der Waals surface area (Å²) < 4.78 is 27.9. The lowest BCUT2D eigenvalue weighted by molar-refractivity contribution is 0.254. The Morgan fingerprint density at radius 2 is 1.89 bits per heavy atom. The molecule has 106 valence electrons. The molecule has 1 aromatic heterocycles. The van der Waals surface area contributed by atoms with Crippen molar-refractivity contribution in [3.63, 3.8) is 0 Å². The number of thiophene rings is 1. The second kappa shape index (κ2) is 5.06. The van der Waals surface area contributed by atoms with Crippen molar-refractivity contribution in [1.82, 2.24) is 4.31 Å². The van der Waals surface area contributed by atoms with E-state index in [1.165, 1.54) is 11.3 Å². The smallest absolute Gasteiger partial charge is 0.206 e. The average molecular weight is 318 g/mol. The van der Waals surface area contributed by atoms with Crippen LogP contribution in [0.2, 0.25) is 0 Å². The molecule has 0 aliphatic carbocycles. The van der Waals surface area contributed by atoms with Gasteiger partial charge in [-0.25, -0.2) is 8.42 Å². The van der Waals surface area contributed by atoms with E-state index in [2.05, 4.69) is 6.26 Å². The molecule has 2 aliphatic rings. The zero-order valence-corrected chi connectivity index (χ0v) is 13.7. The molecule has 2 unspecified atom stereocenters. The van der Waals surface area contributed by atoms with Crippen molar-refractivity contribution in [3.8, 4) is 0 Å². The highest BCUT2D eigenvalue weighted by molar-refractivity contribution is 7.99. The van der Waals surface area contributed by atoms with Crippen LogP contribution in [0.25, 0.3) is 0 Å². The predicted molar refractivity (Wildman–Crippen MR) is 81.4 cm³/mol. The van der Waals surface area contributed by atoms with E-state index in [9.17, 15) is 8.42 Å². The second-order valence-corrected chi connectivity index (χ2v) is 9.91. The summed E-state index contributed by atoms with van der Waals surface area (Å²) in [6.07, 6.45) is 6.23. The molecule has 19 heavy (non-hydrogen) atoms. The summed E-state index contributed by atoms with van der Waals surface area (Å²) in [5, 5.41) is 0.633. The van der Waals surface area contributed by atoms with Crippen molar-refractivity contribution in [2.75, 3.05) is 6.26 Å². The van der Waals surface area contributed by atoms with Crippen LogP contribution in [0.15, 0.2) is 16.3 Å². The van der Waals surface area contributed by atoms with E-state index in [0.29, 0.717) is 9.46 Å². The fourth-order valence-electron chi connectivity index (χ4n) is 3.32. The van der Waals surface area contributed by atoms with Gasteiger partial charge < -0.3 is 0 Å². The Hall–Kier alpha value is -0.0400. The molecule has 3 heterocycles. The third-order valence-electron chi connectivity index (χ3n) is 4.20. The van der Waals surface area contributed by atoms with E-state index in [1.54, 1.807) is 6.07 Å².